The van der Waals surface area contributed by atoms with Crippen LogP contribution < -0.4 is 4.90 Å². The first-order valence-electron chi connectivity index (χ1n) is 14.6. The highest BCUT2D eigenvalue weighted by molar-refractivity contribution is 7.99. The van der Waals surface area contributed by atoms with Gasteiger partial charge in [0.1, 0.15) is 16.6 Å². The zero-order valence-electron chi connectivity index (χ0n) is 24.4. The van der Waals surface area contributed by atoms with E-state index < -0.39 is 5.97 Å². The van der Waals surface area contributed by atoms with Gasteiger partial charge in [-0.2, -0.15) is 0 Å². The van der Waals surface area contributed by atoms with Gasteiger partial charge in [-0.25, -0.2) is 14.2 Å². The number of nitrogens with zero attached hydrogens (tertiary/aromatic N) is 4. The molecule has 0 spiro atoms. The van der Waals surface area contributed by atoms with Crippen molar-refractivity contribution in [3.05, 3.63) is 94.0 Å². The van der Waals surface area contributed by atoms with E-state index in [1.807, 2.05) is 19.2 Å². The summed E-state index contributed by atoms with van der Waals surface area (Å²) < 4.78 is 22.7. The fourth-order valence-corrected chi connectivity index (χ4v) is 7.20. The van der Waals surface area contributed by atoms with Crippen LogP contribution in [0.25, 0.3) is 11.0 Å². The summed E-state index contributed by atoms with van der Waals surface area (Å²) in [5.41, 5.74) is 4.93. The molecular formula is C33H36ClFN4O3S. The molecule has 43 heavy (non-hydrogen) atoms. The molecule has 2 saturated heterocycles. The van der Waals surface area contributed by atoms with E-state index in [9.17, 15) is 14.3 Å². The first-order chi connectivity index (χ1) is 20.7. The Kier molecular flexibility index (Phi) is 8.69. The molecule has 3 heterocycles. The molecular weight excluding hydrogens is 587 g/mol. The molecule has 1 unspecified atom stereocenters. The molecule has 1 aromatic heterocycles. The average Bonchev–Trinajstić information content (AvgIpc) is 3.32. The van der Waals surface area contributed by atoms with Gasteiger partial charge < -0.3 is 19.3 Å². The molecule has 2 aliphatic rings. The van der Waals surface area contributed by atoms with E-state index in [1.165, 1.54) is 11.6 Å². The summed E-state index contributed by atoms with van der Waals surface area (Å²) in [6, 6.07) is 18.5. The van der Waals surface area contributed by atoms with Crippen molar-refractivity contribution in [2.75, 3.05) is 37.9 Å². The number of hydrogen-bond acceptors (Lipinski definition) is 6. The summed E-state index contributed by atoms with van der Waals surface area (Å²) in [7, 11) is 2.01. The van der Waals surface area contributed by atoms with E-state index in [4.69, 9.17) is 21.3 Å². The number of benzene rings is 3. The van der Waals surface area contributed by atoms with Crippen LogP contribution in [0.3, 0.4) is 0 Å². The van der Waals surface area contributed by atoms with Gasteiger partial charge in [0.15, 0.2) is 0 Å². The van der Waals surface area contributed by atoms with Crippen LogP contribution in [-0.2, 0) is 24.4 Å². The fraction of sp³-hybridized carbons (Fsp3) is 0.394. The second-order valence-electron chi connectivity index (χ2n) is 11.5. The Morgan fingerprint density at radius 1 is 1.19 bits per heavy atom. The number of aromatic carboxylic acids is 1. The van der Waals surface area contributed by atoms with Crippen molar-refractivity contribution in [1.29, 1.82) is 0 Å². The number of aromatic nitrogens is 2. The first-order valence-corrected chi connectivity index (χ1v) is 16.2. The van der Waals surface area contributed by atoms with E-state index >= 15 is 0 Å². The minimum absolute atomic E-state index is 0.260. The Labute approximate surface area is 260 Å². The van der Waals surface area contributed by atoms with Crippen molar-refractivity contribution in [2.45, 2.75) is 49.7 Å². The number of fused-ring (bicyclic) bond motifs is 1. The molecule has 0 saturated carbocycles. The molecule has 6 rings (SSSR count). The van der Waals surface area contributed by atoms with E-state index in [0.29, 0.717) is 36.1 Å². The van der Waals surface area contributed by atoms with Gasteiger partial charge in [-0.05, 0) is 80.1 Å². The standard InChI is InChI=1S/C33H36ClFN4O3S/c1-37(19-24-7-9-25(34)18-27(24)35)29-6-4-3-5-26(29)22-11-14-38(15-12-22)20-31-36-28-10-8-23(32(40)41)17-30(28)39(31)21-33(43-2)13-16-42-33/h3-10,17-18,22H,11-16,19-21H2,1-2H3,(H,40,41). The van der Waals surface area contributed by atoms with Crippen molar-refractivity contribution < 1.29 is 19.0 Å². The Morgan fingerprint density at radius 2 is 1.95 bits per heavy atom. The fourth-order valence-electron chi connectivity index (χ4n) is 6.30. The molecule has 0 bridgehead atoms. The zero-order chi connectivity index (χ0) is 30.1. The third-order valence-corrected chi connectivity index (χ3v) is 10.3. The Bertz CT molecular complexity index is 1630. The average molecular weight is 623 g/mol. The third kappa shape index (κ3) is 6.27. The van der Waals surface area contributed by atoms with Crippen molar-refractivity contribution in [2.24, 2.45) is 0 Å². The Hall–Kier alpha value is -3.11. The number of ether oxygens (including phenoxy) is 1. The van der Waals surface area contributed by atoms with Crippen molar-refractivity contribution in [3.8, 4) is 0 Å². The maximum atomic E-state index is 14.5. The molecule has 2 fully saturated rings. The lowest BCUT2D eigenvalue weighted by Crippen LogP contribution is -2.44. The van der Waals surface area contributed by atoms with Crippen LogP contribution in [0, 0.1) is 5.82 Å². The number of carbonyl (C=O) groups is 1. The minimum atomic E-state index is -0.943. The number of hydrogen-bond donors (Lipinski definition) is 1. The summed E-state index contributed by atoms with van der Waals surface area (Å²) in [6.45, 7) is 4.35. The molecule has 1 N–H and O–H groups in total. The molecule has 4 aromatic rings. The SMILES string of the molecule is CSC1(Cn2c(CN3CCC(c4ccccc4N(C)Cc4ccc(Cl)cc4F)CC3)nc3ccc(C(=O)O)cc32)CCO1. The maximum absolute atomic E-state index is 14.5. The van der Waals surface area contributed by atoms with Crippen molar-refractivity contribution in [1.82, 2.24) is 14.5 Å². The van der Waals surface area contributed by atoms with Gasteiger partial charge in [0, 0.05) is 36.3 Å². The van der Waals surface area contributed by atoms with Crippen LogP contribution in [-0.4, -0.2) is 63.5 Å². The number of imidazole rings is 1. The monoisotopic (exact) mass is 622 g/mol. The van der Waals surface area contributed by atoms with Crippen LogP contribution in [0.4, 0.5) is 10.1 Å². The quantitative estimate of drug-likeness (QED) is 0.204. The number of rotatable bonds is 10. The van der Waals surface area contributed by atoms with Gasteiger partial charge in [0.25, 0.3) is 0 Å². The number of para-hydroxylation sites is 1. The summed E-state index contributed by atoms with van der Waals surface area (Å²) in [6.07, 6.45) is 5.02. The second-order valence-corrected chi connectivity index (χ2v) is 13.1. The van der Waals surface area contributed by atoms with E-state index in [0.717, 1.165) is 61.5 Å². The van der Waals surface area contributed by atoms with Crippen molar-refractivity contribution in [3.63, 3.8) is 0 Å². The van der Waals surface area contributed by atoms with Gasteiger partial charge in [-0.15, -0.1) is 11.8 Å². The summed E-state index contributed by atoms with van der Waals surface area (Å²) >= 11 is 7.66. The molecule has 3 aromatic carbocycles. The summed E-state index contributed by atoms with van der Waals surface area (Å²) in [5, 5.41) is 10.0. The molecule has 0 radical (unpaired) electrons. The van der Waals surface area contributed by atoms with Crippen molar-refractivity contribution >= 4 is 46.1 Å². The van der Waals surface area contributed by atoms with Crippen LogP contribution in [0.15, 0.2) is 60.7 Å². The Morgan fingerprint density at radius 3 is 2.63 bits per heavy atom. The number of thioether (sulfide) groups is 1. The zero-order valence-corrected chi connectivity index (χ0v) is 26.0. The molecule has 10 heteroatoms. The highest BCUT2D eigenvalue weighted by atomic mass is 35.5. The highest BCUT2D eigenvalue weighted by Crippen LogP contribution is 2.40. The lowest BCUT2D eigenvalue weighted by molar-refractivity contribution is -0.0873. The van der Waals surface area contributed by atoms with Crippen LogP contribution >= 0.6 is 23.4 Å². The maximum Gasteiger partial charge on any atom is 0.335 e. The predicted octanol–water partition coefficient (Wildman–Crippen LogP) is 7.02. The third-order valence-electron chi connectivity index (χ3n) is 8.86. The molecule has 1 atom stereocenters. The largest absolute Gasteiger partial charge is 0.478 e. The summed E-state index contributed by atoms with van der Waals surface area (Å²) in [4.78, 5) is 20.9. The molecule has 2 aliphatic heterocycles. The number of carboxylic acids is 1. The van der Waals surface area contributed by atoms with Gasteiger partial charge in [-0.1, -0.05) is 35.9 Å². The molecule has 7 nitrogen and oxygen atoms in total. The van der Waals surface area contributed by atoms with Crippen LogP contribution in [0.5, 0.6) is 0 Å². The number of piperidine rings is 1. The van der Waals surface area contributed by atoms with Gasteiger partial charge in [0.05, 0.1) is 36.3 Å². The minimum Gasteiger partial charge on any atom is -0.478 e. The van der Waals surface area contributed by atoms with E-state index in [-0.39, 0.29) is 16.3 Å². The van der Waals surface area contributed by atoms with Crippen LogP contribution in [0.2, 0.25) is 5.02 Å². The van der Waals surface area contributed by atoms with Gasteiger partial charge in [-0.3, -0.25) is 4.90 Å². The highest BCUT2D eigenvalue weighted by Gasteiger charge is 2.39. The lowest BCUT2D eigenvalue weighted by atomic mass is 9.88. The topological polar surface area (TPSA) is 70.8 Å². The predicted molar refractivity (Wildman–Crippen MR) is 171 cm³/mol. The smallest absolute Gasteiger partial charge is 0.335 e. The van der Waals surface area contributed by atoms with E-state index in [2.05, 4.69) is 38.8 Å². The van der Waals surface area contributed by atoms with Crippen LogP contribution in [0.1, 0.15) is 52.5 Å². The first kappa shape index (κ1) is 29.9. The number of carboxylic acid groups (broad SMARTS) is 1. The number of halogens is 2. The molecule has 0 aliphatic carbocycles. The summed E-state index contributed by atoms with van der Waals surface area (Å²) in [5.74, 6) is 0.0970. The normalized spacial score (nSPS) is 19.4. The number of likely N-dealkylation sites (tertiary alicyclic amines) is 1. The molecule has 226 valence electrons. The van der Waals surface area contributed by atoms with E-state index in [1.54, 1.807) is 36.0 Å². The second kappa shape index (κ2) is 12.5. The van der Waals surface area contributed by atoms with Gasteiger partial charge >= 0.3 is 5.97 Å². The Balaban J connectivity index is 1.18. The molecule has 0 amide bonds. The lowest BCUT2D eigenvalue weighted by Gasteiger charge is -2.41. The number of anilines is 1. The van der Waals surface area contributed by atoms with Gasteiger partial charge in [0.2, 0.25) is 0 Å².